The highest BCUT2D eigenvalue weighted by Gasteiger charge is 2.51. The number of urea groups is 1. The van der Waals surface area contributed by atoms with Crippen molar-refractivity contribution in [3.8, 4) is 11.5 Å². The Morgan fingerprint density at radius 2 is 1.78 bits per heavy atom. The van der Waals surface area contributed by atoms with Gasteiger partial charge in [0.1, 0.15) is 11.4 Å². The number of Topliss-reactive ketones (excluding diaryl/α,β-unsaturated/α-hetero) is 1. The summed E-state index contributed by atoms with van der Waals surface area (Å²) in [5, 5.41) is 2.73. The van der Waals surface area contributed by atoms with Gasteiger partial charge in [-0.25, -0.2) is 9.18 Å². The summed E-state index contributed by atoms with van der Waals surface area (Å²) in [5.41, 5.74) is 2.19. The molecule has 0 unspecified atom stereocenters. The fourth-order valence-electron chi connectivity index (χ4n) is 4.92. The molecular weight excluding hydrogens is 465 g/mol. The third kappa shape index (κ3) is 3.80. The van der Waals surface area contributed by atoms with Crippen LogP contribution in [0.15, 0.2) is 48.5 Å². The van der Waals surface area contributed by atoms with Crippen molar-refractivity contribution < 1.29 is 28.2 Å². The van der Waals surface area contributed by atoms with Crippen LogP contribution >= 0.6 is 0 Å². The number of carbonyl (C=O) groups is 3. The van der Waals surface area contributed by atoms with Gasteiger partial charge < -0.3 is 19.4 Å². The molecule has 1 saturated heterocycles. The van der Waals surface area contributed by atoms with Crippen LogP contribution in [0.1, 0.15) is 46.2 Å². The molecular formula is C27H26FN3O5. The van der Waals surface area contributed by atoms with E-state index in [2.05, 4.69) is 5.32 Å². The molecule has 0 radical (unpaired) electrons. The fraction of sp³-hybridized carbons (Fsp3) is 0.296. The van der Waals surface area contributed by atoms with Crippen LogP contribution in [0, 0.1) is 19.7 Å². The lowest BCUT2D eigenvalue weighted by atomic mass is 9.87. The maximum Gasteiger partial charge on any atom is 0.325 e. The maximum atomic E-state index is 13.4. The largest absolute Gasteiger partial charge is 0.454 e. The van der Waals surface area contributed by atoms with Crippen molar-refractivity contribution in [1.29, 1.82) is 0 Å². The van der Waals surface area contributed by atoms with Gasteiger partial charge in [-0.15, -0.1) is 0 Å². The third-order valence-corrected chi connectivity index (χ3v) is 7.00. The predicted octanol–water partition coefficient (Wildman–Crippen LogP) is 4.06. The normalized spacial score (nSPS) is 18.6. The van der Waals surface area contributed by atoms with E-state index in [1.54, 1.807) is 13.0 Å². The van der Waals surface area contributed by atoms with Crippen molar-refractivity contribution in [2.24, 2.45) is 0 Å². The van der Waals surface area contributed by atoms with Crippen molar-refractivity contribution in [3.05, 3.63) is 82.4 Å². The zero-order chi connectivity index (χ0) is 25.6. The van der Waals surface area contributed by atoms with Crippen molar-refractivity contribution in [2.75, 3.05) is 13.3 Å². The Balaban J connectivity index is 1.37. The number of ketones is 1. The molecule has 0 spiro atoms. The second-order valence-electron chi connectivity index (χ2n) is 9.07. The molecule has 1 atom stereocenters. The Labute approximate surface area is 207 Å². The molecule has 8 nitrogen and oxygen atoms in total. The van der Waals surface area contributed by atoms with Gasteiger partial charge in [0, 0.05) is 23.5 Å². The molecule has 0 saturated carbocycles. The number of rotatable bonds is 7. The number of imide groups is 1. The van der Waals surface area contributed by atoms with Crippen LogP contribution in [-0.4, -0.2) is 40.5 Å². The van der Waals surface area contributed by atoms with Crippen molar-refractivity contribution in [3.63, 3.8) is 0 Å². The van der Waals surface area contributed by atoms with Gasteiger partial charge in [-0.05, 0) is 61.7 Å². The number of hydrogen-bond acceptors (Lipinski definition) is 5. The Bertz CT molecular complexity index is 1380. The number of nitrogens with one attached hydrogen (secondary N) is 1. The van der Waals surface area contributed by atoms with Crippen molar-refractivity contribution >= 4 is 17.7 Å². The summed E-state index contributed by atoms with van der Waals surface area (Å²) in [6, 6.07) is 12.3. The molecule has 9 heteroatoms. The van der Waals surface area contributed by atoms with Gasteiger partial charge in [0.2, 0.25) is 6.79 Å². The highest BCUT2D eigenvalue weighted by atomic mass is 19.1. The second kappa shape index (κ2) is 8.82. The van der Waals surface area contributed by atoms with Gasteiger partial charge in [0.15, 0.2) is 17.3 Å². The molecule has 5 rings (SSSR count). The lowest BCUT2D eigenvalue weighted by Gasteiger charge is -2.25. The molecule has 1 fully saturated rings. The number of fused-ring (bicyclic) bond motifs is 1. The molecule has 3 aromatic rings. The molecule has 0 aliphatic carbocycles. The first-order valence-electron chi connectivity index (χ1n) is 11.7. The van der Waals surface area contributed by atoms with E-state index in [0.717, 1.165) is 21.9 Å². The SMILES string of the molecule is CC[C@]1(c2ccc(F)cc2)NC(=O)N(CC(=O)c2cc(C)n(Cc3ccc4c(c3)OCO4)c2C)C1=O. The van der Waals surface area contributed by atoms with E-state index in [1.807, 2.05) is 36.6 Å². The zero-order valence-corrected chi connectivity index (χ0v) is 20.3. The standard InChI is InChI=1S/C27H26FN3O5/c1-4-27(19-6-8-20(28)9-7-19)25(33)31(26(34)29-27)14-22(32)21-11-16(2)30(17(21)3)13-18-5-10-23-24(12-18)36-15-35-23/h5-12H,4,13-15H2,1-3H3,(H,29,34)/t27-/m1/s1. The van der Waals surface area contributed by atoms with Gasteiger partial charge in [0.25, 0.3) is 5.91 Å². The van der Waals surface area contributed by atoms with Crippen LogP contribution in [0.25, 0.3) is 0 Å². The van der Waals surface area contributed by atoms with E-state index >= 15 is 0 Å². The quantitative estimate of drug-likeness (QED) is 0.398. The maximum absolute atomic E-state index is 13.4. The summed E-state index contributed by atoms with van der Waals surface area (Å²) in [6.45, 7) is 5.84. The van der Waals surface area contributed by atoms with E-state index < -0.39 is 23.3 Å². The van der Waals surface area contributed by atoms with Gasteiger partial charge >= 0.3 is 6.03 Å². The van der Waals surface area contributed by atoms with Crippen LogP contribution in [0.5, 0.6) is 11.5 Å². The molecule has 0 bridgehead atoms. The summed E-state index contributed by atoms with van der Waals surface area (Å²) in [4.78, 5) is 40.4. The molecule has 186 valence electrons. The smallest absolute Gasteiger partial charge is 0.325 e. The van der Waals surface area contributed by atoms with Gasteiger partial charge in [-0.2, -0.15) is 0 Å². The minimum Gasteiger partial charge on any atom is -0.454 e. The monoisotopic (exact) mass is 491 g/mol. The summed E-state index contributed by atoms with van der Waals surface area (Å²) in [7, 11) is 0. The summed E-state index contributed by atoms with van der Waals surface area (Å²) >= 11 is 0. The van der Waals surface area contributed by atoms with Gasteiger partial charge in [-0.1, -0.05) is 25.1 Å². The molecule has 3 heterocycles. The minimum atomic E-state index is -1.33. The van der Waals surface area contributed by atoms with Gasteiger partial charge in [-0.3, -0.25) is 14.5 Å². The van der Waals surface area contributed by atoms with E-state index in [4.69, 9.17) is 9.47 Å². The van der Waals surface area contributed by atoms with E-state index in [-0.39, 0.29) is 25.5 Å². The molecule has 1 aromatic heterocycles. The number of hydrogen-bond donors (Lipinski definition) is 1. The number of carbonyl (C=O) groups excluding carboxylic acids is 3. The first-order chi connectivity index (χ1) is 17.2. The zero-order valence-electron chi connectivity index (χ0n) is 20.3. The highest BCUT2D eigenvalue weighted by molar-refractivity contribution is 6.11. The molecule has 36 heavy (non-hydrogen) atoms. The van der Waals surface area contributed by atoms with Gasteiger partial charge in [0.05, 0.1) is 6.54 Å². The first-order valence-corrected chi connectivity index (χ1v) is 11.7. The number of aromatic nitrogens is 1. The average molecular weight is 492 g/mol. The van der Waals surface area contributed by atoms with Crippen molar-refractivity contribution in [2.45, 2.75) is 39.3 Å². The Kier molecular flexibility index (Phi) is 5.78. The van der Waals surface area contributed by atoms with E-state index in [1.165, 1.54) is 24.3 Å². The molecule has 2 aromatic carbocycles. The Morgan fingerprint density at radius 1 is 1.06 bits per heavy atom. The molecule has 2 aliphatic heterocycles. The number of halogens is 1. The molecule has 1 N–H and O–H groups in total. The van der Waals surface area contributed by atoms with Crippen LogP contribution in [-0.2, 0) is 16.9 Å². The fourth-order valence-corrected chi connectivity index (χ4v) is 4.92. The number of benzene rings is 2. The average Bonchev–Trinajstić information content (AvgIpc) is 3.51. The Morgan fingerprint density at radius 3 is 2.50 bits per heavy atom. The summed E-state index contributed by atoms with van der Waals surface area (Å²) in [5.74, 6) is 0.0851. The van der Waals surface area contributed by atoms with Crippen LogP contribution in [0.4, 0.5) is 9.18 Å². The van der Waals surface area contributed by atoms with Crippen LogP contribution < -0.4 is 14.8 Å². The second-order valence-corrected chi connectivity index (χ2v) is 9.07. The van der Waals surface area contributed by atoms with E-state index in [9.17, 15) is 18.8 Å². The van der Waals surface area contributed by atoms with Crippen LogP contribution in [0.3, 0.4) is 0 Å². The topological polar surface area (TPSA) is 89.9 Å². The predicted molar refractivity (Wildman–Crippen MR) is 129 cm³/mol. The van der Waals surface area contributed by atoms with E-state index in [0.29, 0.717) is 29.2 Å². The number of ether oxygens (including phenoxy) is 2. The summed E-state index contributed by atoms with van der Waals surface area (Å²) in [6.07, 6.45) is 0.262. The minimum absolute atomic E-state index is 0.197. The first kappa shape index (κ1) is 23.6. The Hall–Kier alpha value is -4.14. The lowest BCUT2D eigenvalue weighted by Crippen LogP contribution is -2.43. The molecule has 2 aliphatic rings. The lowest BCUT2D eigenvalue weighted by molar-refractivity contribution is -0.131. The van der Waals surface area contributed by atoms with Crippen molar-refractivity contribution in [1.82, 2.24) is 14.8 Å². The highest BCUT2D eigenvalue weighted by Crippen LogP contribution is 2.34. The number of nitrogens with zero attached hydrogens (tertiary/aromatic N) is 2. The van der Waals surface area contributed by atoms with Crippen LogP contribution in [0.2, 0.25) is 0 Å². The third-order valence-electron chi connectivity index (χ3n) is 7.00. The summed E-state index contributed by atoms with van der Waals surface area (Å²) < 4.78 is 26.3. The number of amides is 3. The molecule has 3 amide bonds. The number of aryl methyl sites for hydroxylation is 1.